The molecular formula is C24H32O3. The maximum absolute atomic E-state index is 12.2. The molecule has 0 aromatic rings. The molecule has 0 aromatic carbocycles. The number of esters is 1. The Morgan fingerprint density at radius 1 is 1.15 bits per heavy atom. The molecule has 9 atom stereocenters. The molecule has 5 aliphatic carbocycles. The highest BCUT2D eigenvalue weighted by atomic mass is 16.6. The topological polar surface area (TPSA) is 43.4 Å². The molecule has 4 saturated carbocycles. The quantitative estimate of drug-likeness (QED) is 0.630. The summed E-state index contributed by atoms with van der Waals surface area (Å²) in [4.78, 5) is 24.2. The molecule has 146 valence electrons. The van der Waals surface area contributed by atoms with Crippen LogP contribution in [0.4, 0.5) is 0 Å². The van der Waals surface area contributed by atoms with Crippen molar-refractivity contribution in [2.24, 2.45) is 46.8 Å². The van der Waals surface area contributed by atoms with E-state index in [4.69, 9.17) is 4.74 Å². The van der Waals surface area contributed by atoms with Gasteiger partial charge >= 0.3 is 5.97 Å². The zero-order chi connectivity index (χ0) is 18.6. The number of hydrogen-bond acceptors (Lipinski definition) is 3. The van der Waals surface area contributed by atoms with Gasteiger partial charge in [-0.2, -0.15) is 0 Å². The fraction of sp³-hybridized carbons (Fsp3) is 0.833. The van der Waals surface area contributed by atoms with Crippen molar-refractivity contribution in [3.8, 4) is 0 Å². The summed E-state index contributed by atoms with van der Waals surface area (Å²) in [5.74, 6) is 5.42. The Morgan fingerprint density at radius 2 is 2.00 bits per heavy atom. The minimum absolute atomic E-state index is 0.0592. The van der Waals surface area contributed by atoms with E-state index in [1.54, 1.807) is 0 Å². The highest BCUT2D eigenvalue weighted by Crippen LogP contribution is 2.79. The summed E-state index contributed by atoms with van der Waals surface area (Å²) in [5.41, 5.74) is 1.57. The van der Waals surface area contributed by atoms with Gasteiger partial charge in [-0.25, -0.2) is 0 Å². The van der Waals surface area contributed by atoms with Crippen molar-refractivity contribution in [1.29, 1.82) is 0 Å². The summed E-state index contributed by atoms with van der Waals surface area (Å²) in [6.07, 6.45) is 11.6. The first-order chi connectivity index (χ1) is 13.0. The van der Waals surface area contributed by atoms with Gasteiger partial charge in [0.25, 0.3) is 0 Å². The number of fused-ring (bicyclic) bond motifs is 9. The monoisotopic (exact) mass is 368 g/mol. The Balaban J connectivity index is 1.42. The maximum atomic E-state index is 12.2. The summed E-state index contributed by atoms with van der Waals surface area (Å²) in [7, 11) is 0. The third-order valence-electron chi connectivity index (χ3n) is 10.1. The second-order valence-corrected chi connectivity index (χ2v) is 10.7. The largest absolute Gasteiger partial charge is 0.458 e. The Bertz CT molecular complexity index is 753. The first-order valence-corrected chi connectivity index (χ1v) is 11.5. The lowest BCUT2D eigenvalue weighted by Gasteiger charge is -2.60. The van der Waals surface area contributed by atoms with Crippen molar-refractivity contribution in [2.75, 3.05) is 0 Å². The van der Waals surface area contributed by atoms with Gasteiger partial charge in [0.05, 0.1) is 0 Å². The van der Waals surface area contributed by atoms with Gasteiger partial charge in [-0.1, -0.05) is 19.4 Å². The summed E-state index contributed by atoms with van der Waals surface area (Å²) in [5, 5.41) is 0. The molecule has 1 saturated heterocycles. The van der Waals surface area contributed by atoms with Crippen LogP contribution in [0.5, 0.6) is 0 Å². The lowest BCUT2D eigenvalue weighted by atomic mass is 9.46. The molecule has 6 rings (SSSR count). The average molecular weight is 369 g/mol. The van der Waals surface area contributed by atoms with E-state index >= 15 is 0 Å². The number of ketones is 1. The van der Waals surface area contributed by atoms with Crippen LogP contribution in [0.2, 0.25) is 0 Å². The molecule has 5 fully saturated rings. The molecule has 0 bridgehead atoms. The molecule has 0 N–H and O–H groups in total. The number of hydrogen-bond donors (Lipinski definition) is 0. The average Bonchev–Trinajstić information content (AvgIpc) is 3.30. The predicted molar refractivity (Wildman–Crippen MR) is 102 cm³/mol. The van der Waals surface area contributed by atoms with Gasteiger partial charge in [0.2, 0.25) is 0 Å². The fourth-order valence-corrected chi connectivity index (χ4v) is 9.36. The Morgan fingerprint density at radius 3 is 2.74 bits per heavy atom. The van der Waals surface area contributed by atoms with Crippen molar-refractivity contribution >= 4 is 11.8 Å². The van der Waals surface area contributed by atoms with Crippen LogP contribution in [0, 0.1) is 46.8 Å². The van der Waals surface area contributed by atoms with Crippen LogP contribution in [-0.2, 0) is 14.3 Å². The summed E-state index contributed by atoms with van der Waals surface area (Å²) < 4.78 is 6.27. The van der Waals surface area contributed by atoms with Gasteiger partial charge < -0.3 is 4.74 Å². The molecule has 3 nitrogen and oxygen atoms in total. The number of carbonyl (C=O) groups is 2. The van der Waals surface area contributed by atoms with Crippen molar-refractivity contribution in [1.82, 2.24) is 0 Å². The number of carbonyl (C=O) groups excluding carboxylic acids is 2. The van der Waals surface area contributed by atoms with Gasteiger partial charge in [0.1, 0.15) is 5.60 Å². The normalized spacial score (nSPS) is 55.3. The number of ether oxygens (including phenoxy) is 1. The standard InChI is InChI=1S/C24H32O3/c1-3-23-8-6-17-16-5-4-15(25)11-14(16)10-13(2)21(17)22(23)18-12-19(18)24(23)9-7-20(26)27-24/h11,13,16-19,21-22H,3-10,12H2,1-2H3/t13-,16?,17?,18?,19?,21?,22?,23?,24?/m0/s1. The SMILES string of the molecule is CCC12CCC3C4CCC(=O)C=C4C[C@H](C)C3C1C1CC1C21CCC(=O)O1. The summed E-state index contributed by atoms with van der Waals surface area (Å²) >= 11 is 0. The Labute approximate surface area is 162 Å². The first kappa shape index (κ1) is 16.8. The fourth-order valence-electron chi connectivity index (χ4n) is 9.36. The minimum Gasteiger partial charge on any atom is -0.458 e. The van der Waals surface area contributed by atoms with E-state index in [2.05, 4.69) is 13.8 Å². The van der Waals surface area contributed by atoms with E-state index in [0.717, 1.165) is 49.4 Å². The highest BCUT2D eigenvalue weighted by molar-refractivity contribution is 5.91. The van der Waals surface area contributed by atoms with Gasteiger partial charge in [-0.3, -0.25) is 9.59 Å². The van der Waals surface area contributed by atoms with Crippen LogP contribution in [0.1, 0.15) is 71.6 Å². The van der Waals surface area contributed by atoms with Crippen LogP contribution in [0.15, 0.2) is 11.6 Å². The summed E-state index contributed by atoms with van der Waals surface area (Å²) in [6, 6.07) is 0. The van der Waals surface area contributed by atoms with E-state index in [1.807, 2.05) is 6.08 Å². The molecule has 27 heavy (non-hydrogen) atoms. The van der Waals surface area contributed by atoms with Crippen molar-refractivity contribution in [3.05, 3.63) is 11.6 Å². The second kappa shape index (κ2) is 5.27. The zero-order valence-corrected chi connectivity index (χ0v) is 16.7. The van der Waals surface area contributed by atoms with Crippen LogP contribution >= 0.6 is 0 Å². The Kier molecular flexibility index (Phi) is 3.28. The van der Waals surface area contributed by atoms with Crippen LogP contribution < -0.4 is 0 Å². The molecule has 1 aliphatic heterocycles. The molecule has 1 heterocycles. The van der Waals surface area contributed by atoms with Gasteiger partial charge in [-0.15, -0.1) is 0 Å². The van der Waals surface area contributed by atoms with E-state index in [1.165, 1.54) is 31.3 Å². The van der Waals surface area contributed by atoms with Crippen LogP contribution in [0.3, 0.4) is 0 Å². The van der Waals surface area contributed by atoms with Gasteiger partial charge in [-0.05, 0) is 86.5 Å². The van der Waals surface area contributed by atoms with E-state index in [9.17, 15) is 9.59 Å². The molecule has 8 unspecified atom stereocenters. The number of allylic oxidation sites excluding steroid dienone is 1. The predicted octanol–water partition coefficient (Wildman–Crippen LogP) is 4.70. The minimum atomic E-state index is -0.127. The molecular weight excluding hydrogens is 336 g/mol. The van der Waals surface area contributed by atoms with E-state index in [0.29, 0.717) is 30.0 Å². The van der Waals surface area contributed by atoms with E-state index < -0.39 is 0 Å². The lowest BCUT2D eigenvalue weighted by molar-refractivity contribution is -0.181. The third kappa shape index (κ3) is 1.90. The molecule has 6 aliphatic rings. The zero-order valence-electron chi connectivity index (χ0n) is 16.7. The van der Waals surface area contributed by atoms with E-state index in [-0.39, 0.29) is 17.0 Å². The van der Waals surface area contributed by atoms with Gasteiger partial charge in [0, 0.05) is 24.2 Å². The second-order valence-electron chi connectivity index (χ2n) is 10.7. The van der Waals surface area contributed by atoms with Crippen molar-refractivity contribution in [2.45, 2.75) is 77.2 Å². The first-order valence-electron chi connectivity index (χ1n) is 11.5. The molecule has 0 amide bonds. The third-order valence-corrected chi connectivity index (χ3v) is 10.1. The smallest absolute Gasteiger partial charge is 0.306 e. The van der Waals surface area contributed by atoms with Crippen LogP contribution in [0.25, 0.3) is 0 Å². The number of rotatable bonds is 1. The van der Waals surface area contributed by atoms with Gasteiger partial charge in [0.15, 0.2) is 5.78 Å². The van der Waals surface area contributed by atoms with Crippen LogP contribution in [-0.4, -0.2) is 17.4 Å². The molecule has 0 radical (unpaired) electrons. The highest BCUT2D eigenvalue weighted by Gasteiger charge is 2.79. The van der Waals surface area contributed by atoms with Crippen molar-refractivity contribution in [3.63, 3.8) is 0 Å². The molecule has 1 spiro atoms. The summed E-state index contributed by atoms with van der Waals surface area (Å²) in [6.45, 7) is 4.81. The molecule has 0 aromatic heterocycles. The lowest BCUT2D eigenvalue weighted by Crippen LogP contribution is -2.57. The maximum Gasteiger partial charge on any atom is 0.306 e. The molecule has 3 heteroatoms. The van der Waals surface area contributed by atoms with Crippen molar-refractivity contribution < 1.29 is 14.3 Å². The Hall–Kier alpha value is -1.12.